The molecule has 8 heteroatoms. The molecule has 1 unspecified atom stereocenters. The number of hydrogen-bond donors (Lipinski definition) is 1. The molecular formula is C19H20N2O6. The molecule has 142 valence electrons. The quantitative estimate of drug-likeness (QED) is 0.616. The van der Waals surface area contributed by atoms with Crippen LogP contribution in [0.2, 0.25) is 0 Å². The van der Waals surface area contributed by atoms with E-state index in [1.54, 1.807) is 24.3 Å². The Morgan fingerprint density at radius 3 is 2.52 bits per heavy atom. The number of ether oxygens (including phenoxy) is 5. The van der Waals surface area contributed by atoms with Crippen LogP contribution in [0.3, 0.4) is 0 Å². The van der Waals surface area contributed by atoms with E-state index < -0.39 is 12.0 Å². The third-order valence-electron chi connectivity index (χ3n) is 3.91. The van der Waals surface area contributed by atoms with E-state index in [9.17, 15) is 4.79 Å². The number of rotatable bonds is 6. The minimum absolute atomic E-state index is 0.109. The van der Waals surface area contributed by atoms with Crippen LogP contribution in [0.15, 0.2) is 41.5 Å². The van der Waals surface area contributed by atoms with E-state index in [-0.39, 0.29) is 6.61 Å². The predicted molar refractivity (Wildman–Crippen MR) is 98.2 cm³/mol. The maximum Gasteiger partial charge on any atom is 0.284 e. The smallest absolute Gasteiger partial charge is 0.284 e. The van der Waals surface area contributed by atoms with Gasteiger partial charge >= 0.3 is 0 Å². The standard InChI is InChI=1S/C19H20N2O6/c1-23-15-9-8-12(17(24-2)18(15)25-3)10-20-21-19(22)16-11-26-13-6-4-5-7-14(13)27-16/h4-10,16H,11H2,1-3H3,(H,21,22). The Hall–Kier alpha value is -3.42. The Bertz CT molecular complexity index is 852. The molecule has 1 atom stereocenters. The lowest BCUT2D eigenvalue weighted by Crippen LogP contribution is -2.42. The minimum Gasteiger partial charge on any atom is -0.493 e. The number of carbonyl (C=O) groups is 1. The van der Waals surface area contributed by atoms with Crippen LogP contribution < -0.4 is 29.1 Å². The van der Waals surface area contributed by atoms with E-state index in [2.05, 4.69) is 10.5 Å². The van der Waals surface area contributed by atoms with Gasteiger partial charge in [0.1, 0.15) is 6.61 Å². The molecule has 0 radical (unpaired) electrons. The zero-order chi connectivity index (χ0) is 19.2. The fourth-order valence-corrected chi connectivity index (χ4v) is 2.61. The Morgan fingerprint density at radius 2 is 1.81 bits per heavy atom. The van der Waals surface area contributed by atoms with Gasteiger partial charge in [-0.15, -0.1) is 0 Å². The number of benzene rings is 2. The highest BCUT2D eigenvalue weighted by Gasteiger charge is 2.27. The van der Waals surface area contributed by atoms with Crippen molar-refractivity contribution in [1.29, 1.82) is 0 Å². The first-order chi connectivity index (χ1) is 13.2. The molecule has 0 fully saturated rings. The summed E-state index contributed by atoms with van der Waals surface area (Å²) in [6, 6.07) is 10.6. The highest BCUT2D eigenvalue weighted by molar-refractivity contribution is 5.88. The van der Waals surface area contributed by atoms with Crippen molar-refractivity contribution in [2.45, 2.75) is 6.10 Å². The van der Waals surface area contributed by atoms with E-state index in [0.717, 1.165) is 0 Å². The fraction of sp³-hybridized carbons (Fsp3) is 0.263. The first-order valence-electron chi connectivity index (χ1n) is 8.18. The lowest BCUT2D eigenvalue weighted by Gasteiger charge is -2.24. The molecule has 0 saturated carbocycles. The van der Waals surface area contributed by atoms with Gasteiger partial charge in [-0.25, -0.2) is 5.43 Å². The Labute approximate surface area is 156 Å². The van der Waals surface area contributed by atoms with Gasteiger partial charge in [-0.1, -0.05) is 12.1 Å². The van der Waals surface area contributed by atoms with E-state index in [4.69, 9.17) is 23.7 Å². The van der Waals surface area contributed by atoms with Gasteiger partial charge in [-0.2, -0.15) is 5.10 Å². The van der Waals surface area contributed by atoms with Crippen LogP contribution in [-0.2, 0) is 4.79 Å². The molecule has 2 aromatic rings. The zero-order valence-electron chi connectivity index (χ0n) is 15.2. The lowest BCUT2D eigenvalue weighted by atomic mass is 10.2. The van der Waals surface area contributed by atoms with Crippen molar-refractivity contribution in [3.05, 3.63) is 42.0 Å². The molecule has 0 saturated heterocycles. The van der Waals surface area contributed by atoms with E-state index >= 15 is 0 Å². The highest BCUT2D eigenvalue weighted by atomic mass is 16.6. The number of amides is 1. The molecule has 0 bridgehead atoms. The van der Waals surface area contributed by atoms with Crippen molar-refractivity contribution < 1.29 is 28.5 Å². The number of para-hydroxylation sites is 2. The van der Waals surface area contributed by atoms with Gasteiger partial charge in [-0.3, -0.25) is 4.79 Å². The Balaban J connectivity index is 1.68. The number of methoxy groups -OCH3 is 3. The van der Waals surface area contributed by atoms with Crippen molar-refractivity contribution in [1.82, 2.24) is 5.43 Å². The van der Waals surface area contributed by atoms with Gasteiger partial charge < -0.3 is 23.7 Å². The Kier molecular flexibility index (Phi) is 5.65. The molecule has 8 nitrogen and oxygen atoms in total. The Morgan fingerprint density at radius 1 is 1.07 bits per heavy atom. The molecule has 2 aromatic carbocycles. The van der Waals surface area contributed by atoms with Crippen LogP contribution in [0, 0.1) is 0 Å². The molecule has 1 aliphatic heterocycles. The SMILES string of the molecule is COc1ccc(C=NNC(=O)C2COc3ccccc3O2)c(OC)c1OC. The van der Waals surface area contributed by atoms with Crippen LogP contribution in [0.25, 0.3) is 0 Å². The van der Waals surface area contributed by atoms with Crippen molar-refractivity contribution in [3.8, 4) is 28.7 Å². The van der Waals surface area contributed by atoms with Gasteiger partial charge in [0.15, 0.2) is 23.0 Å². The molecule has 3 rings (SSSR count). The van der Waals surface area contributed by atoms with Gasteiger partial charge in [0.05, 0.1) is 27.5 Å². The fourth-order valence-electron chi connectivity index (χ4n) is 2.61. The van der Waals surface area contributed by atoms with Gasteiger partial charge in [0, 0.05) is 5.56 Å². The molecule has 1 aliphatic rings. The zero-order valence-corrected chi connectivity index (χ0v) is 15.2. The van der Waals surface area contributed by atoms with Gasteiger partial charge in [-0.05, 0) is 24.3 Å². The normalized spacial score (nSPS) is 15.3. The number of hydrazone groups is 1. The molecule has 0 aromatic heterocycles. The van der Waals surface area contributed by atoms with Crippen LogP contribution in [0.1, 0.15) is 5.56 Å². The second-order valence-corrected chi connectivity index (χ2v) is 5.52. The first-order valence-corrected chi connectivity index (χ1v) is 8.18. The predicted octanol–water partition coefficient (Wildman–Crippen LogP) is 2.00. The number of carbonyl (C=O) groups excluding carboxylic acids is 1. The molecule has 27 heavy (non-hydrogen) atoms. The maximum absolute atomic E-state index is 12.3. The molecule has 0 spiro atoms. The average Bonchev–Trinajstić information content (AvgIpc) is 2.72. The van der Waals surface area contributed by atoms with Crippen LogP contribution in [0.5, 0.6) is 28.7 Å². The lowest BCUT2D eigenvalue weighted by molar-refractivity contribution is -0.130. The van der Waals surface area contributed by atoms with Crippen molar-refractivity contribution in [2.24, 2.45) is 5.10 Å². The van der Waals surface area contributed by atoms with Crippen LogP contribution >= 0.6 is 0 Å². The largest absolute Gasteiger partial charge is 0.493 e. The third kappa shape index (κ3) is 3.89. The van der Waals surface area contributed by atoms with E-state index in [0.29, 0.717) is 34.3 Å². The highest BCUT2D eigenvalue weighted by Crippen LogP contribution is 2.39. The van der Waals surface area contributed by atoms with Gasteiger partial charge in [0.2, 0.25) is 11.9 Å². The summed E-state index contributed by atoms with van der Waals surface area (Å²) in [5.41, 5.74) is 3.06. The first kappa shape index (κ1) is 18.4. The molecule has 1 amide bonds. The summed E-state index contributed by atoms with van der Waals surface area (Å²) >= 11 is 0. The van der Waals surface area contributed by atoms with Crippen molar-refractivity contribution in [2.75, 3.05) is 27.9 Å². The summed E-state index contributed by atoms with van der Waals surface area (Å²) in [7, 11) is 4.56. The van der Waals surface area contributed by atoms with E-state index in [1.165, 1.54) is 27.5 Å². The summed E-state index contributed by atoms with van der Waals surface area (Å²) in [6.45, 7) is 0.109. The molecular weight excluding hydrogens is 352 g/mol. The van der Waals surface area contributed by atoms with Crippen molar-refractivity contribution in [3.63, 3.8) is 0 Å². The maximum atomic E-state index is 12.3. The van der Waals surface area contributed by atoms with Gasteiger partial charge in [0.25, 0.3) is 5.91 Å². The van der Waals surface area contributed by atoms with Crippen LogP contribution in [0.4, 0.5) is 0 Å². The summed E-state index contributed by atoms with van der Waals surface area (Å²) in [5.74, 6) is 2.13. The minimum atomic E-state index is -0.788. The molecule has 1 N–H and O–H groups in total. The summed E-state index contributed by atoms with van der Waals surface area (Å²) in [4.78, 5) is 12.3. The number of fused-ring (bicyclic) bond motifs is 1. The molecule has 1 heterocycles. The number of nitrogens with one attached hydrogen (secondary N) is 1. The van der Waals surface area contributed by atoms with Crippen LogP contribution in [-0.4, -0.2) is 46.2 Å². The number of nitrogens with zero attached hydrogens (tertiary/aromatic N) is 1. The summed E-state index contributed by atoms with van der Waals surface area (Å²) in [5, 5.41) is 3.98. The third-order valence-corrected chi connectivity index (χ3v) is 3.91. The topological polar surface area (TPSA) is 87.6 Å². The monoisotopic (exact) mass is 372 g/mol. The van der Waals surface area contributed by atoms with E-state index in [1.807, 2.05) is 12.1 Å². The summed E-state index contributed by atoms with van der Waals surface area (Å²) < 4.78 is 27.1. The van der Waals surface area contributed by atoms with Crippen molar-refractivity contribution >= 4 is 12.1 Å². The number of hydrogen-bond acceptors (Lipinski definition) is 7. The summed E-state index contributed by atoms with van der Waals surface area (Å²) in [6.07, 6.45) is 0.667. The molecule has 0 aliphatic carbocycles. The second kappa shape index (κ2) is 8.31. The second-order valence-electron chi connectivity index (χ2n) is 5.52. The average molecular weight is 372 g/mol.